The second-order valence-electron chi connectivity index (χ2n) is 4.90. The normalized spacial score (nSPS) is 11.4. The van der Waals surface area contributed by atoms with Crippen molar-refractivity contribution in [3.8, 4) is 11.4 Å². The highest BCUT2D eigenvalue weighted by molar-refractivity contribution is 7.90. The second-order valence-corrected chi connectivity index (χ2v) is 7.16. The van der Waals surface area contributed by atoms with Gasteiger partial charge in [0.25, 0.3) is 0 Å². The average Bonchev–Trinajstić information content (AvgIpc) is 2.43. The van der Waals surface area contributed by atoms with Gasteiger partial charge in [-0.3, -0.25) is 4.98 Å². The Morgan fingerprint density at radius 2 is 2.00 bits per heavy atom. The van der Waals surface area contributed by atoms with Crippen LogP contribution in [0.2, 0.25) is 0 Å². The minimum atomic E-state index is -3.00. The fraction of sp³-hybridized carbons (Fsp3) is 0.357. The molecule has 0 unspecified atom stereocenters. The molecule has 2 aromatic rings. The van der Waals surface area contributed by atoms with Crippen LogP contribution >= 0.6 is 0 Å². The monoisotopic (exact) mass is 306 g/mol. The summed E-state index contributed by atoms with van der Waals surface area (Å²) in [6.45, 7) is 4.13. The quantitative estimate of drug-likeness (QED) is 0.903. The van der Waals surface area contributed by atoms with E-state index >= 15 is 0 Å². The van der Waals surface area contributed by atoms with Crippen molar-refractivity contribution in [3.63, 3.8) is 0 Å². The molecule has 0 aliphatic heterocycles. The van der Waals surface area contributed by atoms with Crippen molar-refractivity contribution < 1.29 is 8.42 Å². The molecule has 21 heavy (non-hydrogen) atoms. The minimum absolute atomic E-state index is 0.0672. The van der Waals surface area contributed by atoms with Crippen LogP contribution in [0, 0.1) is 13.8 Å². The van der Waals surface area contributed by atoms with Crippen LogP contribution in [-0.4, -0.2) is 41.9 Å². The first-order chi connectivity index (χ1) is 9.87. The van der Waals surface area contributed by atoms with E-state index in [-0.39, 0.29) is 5.75 Å². The Morgan fingerprint density at radius 1 is 1.24 bits per heavy atom. The van der Waals surface area contributed by atoms with Gasteiger partial charge in [0.15, 0.2) is 5.82 Å². The number of aromatic nitrogens is 3. The zero-order valence-corrected chi connectivity index (χ0v) is 13.1. The predicted molar refractivity (Wildman–Crippen MR) is 82.9 cm³/mol. The van der Waals surface area contributed by atoms with Crippen LogP contribution in [0.4, 0.5) is 5.82 Å². The lowest BCUT2D eigenvalue weighted by molar-refractivity contribution is 0.602. The molecule has 0 radical (unpaired) electrons. The lowest BCUT2D eigenvalue weighted by Gasteiger charge is -2.12. The van der Waals surface area contributed by atoms with Gasteiger partial charge in [0.05, 0.1) is 5.75 Å². The second kappa shape index (κ2) is 6.17. The molecule has 0 saturated carbocycles. The van der Waals surface area contributed by atoms with Crippen molar-refractivity contribution in [2.24, 2.45) is 0 Å². The summed E-state index contributed by atoms with van der Waals surface area (Å²) < 4.78 is 22.4. The molecule has 2 heterocycles. The first kappa shape index (κ1) is 15.4. The highest BCUT2D eigenvalue weighted by Gasteiger charge is 2.10. The van der Waals surface area contributed by atoms with Crippen LogP contribution < -0.4 is 5.32 Å². The van der Waals surface area contributed by atoms with Gasteiger partial charge >= 0.3 is 0 Å². The van der Waals surface area contributed by atoms with Crippen LogP contribution in [-0.2, 0) is 9.84 Å². The summed E-state index contributed by atoms with van der Waals surface area (Å²) in [6, 6.07) is 3.71. The Morgan fingerprint density at radius 3 is 2.62 bits per heavy atom. The third-order valence-electron chi connectivity index (χ3n) is 3.07. The van der Waals surface area contributed by atoms with E-state index < -0.39 is 9.84 Å². The Hall–Kier alpha value is -2.02. The lowest BCUT2D eigenvalue weighted by atomic mass is 10.2. The number of aryl methyl sites for hydroxylation is 1. The molecule has 2 rings (SSSR count). The number of nitrogens with zero attached hydrogens (tertiary/aromatic N) is 3. The van der Waals surface area contributed by atoms with Gasteiger partial charge in [0.2, 0.25) is 0 Å². The van der Waals surface area contributed by atoms with Gasteiger partial charge in [-0.1, -0.05) is 0 Å². The van der Waals surface area contributed by atoms with Crippen LogP contribution in [0.1, 0.15) is 11.3 Å². The van der Waals surface area contributed by atoms with Crippen molar-refractivity contribution in [3.05, 3.63) is 35.8 Å². The Balaban J connectivity index is 2.27. The summed E-state index contributed by atoms with van der Waals surface area (Å²) in [4.78, 5) is 13.0. The number of nitrogens with one attached hydrogen (secondary N) is 1. The molecule has 6 nitrogen and oxygen atoms in total. The molecule has 0 bridgehead atoms. The molecule has 2 aromatic heterocycles. The summed E-state index contributed by atoms with van der Waals surface area (Å²) in [6.07, 6.45) is 4.61. The first-order valence-corrected chi connectivity index (χ1v) is 8.60. The highest BCUT2D eigenvalue weighted by Crippen LogP contribution is 2.20. The van der Waals surface area contributed by atoms with Crippen molar-refractivity contribution in [2.75, 3.05) is 23.9 Å². The molecule has 112 valence electrons. The predicted octanol–water partition coefficient (Wildman–Crippen LogP) is 1.61. The maximum Gasteiger partial charge on any atom is 0.163 e. The van der Waals surface area contributed by atoms with Crippen LogP contribution in [0.3, 0.4) is 0 Å². The van der Waals surface area contributed by atoms with Crippen molar-refractivity contribution in [1.82, 2.24) is 15.0 Å². The van der Waals surface area contributed by atoms with E-state index in [9.17, 15) is 8.42 Å². The van der Waals surface area contributed by atoms with E-state index in [1.54, 1.807) is 12.4 Å². The molecule has 0 aromatic carbocycles. The minimum Gasteiger partial charge on any atom is -0.369 e. The van der Waals surface area contributed by atoms with Crippen LogP contribution in [0.25, 0.3) is 11.4 Å². The fourth-order valence-electron chi connectivity index (χ4n) is 1.78. The number of sulfone groups is 1. The molecule has 1 N–H and O–H groups in total. The van der Waals surface area contributed by atoms with Crippen LogP contribution in [0.15, 0.2) is 24.5 Å². The lowest BCUT2D eigenvalue weighted by Crippen LogP contribution is -2.16. The van der Waals surface area contributed by atoms with Gasteiger partial charge in [-0.25, -0.2) is 18.4 Å². The Kier molecular flexibility index (Phi) is 4.52. The Bertz CT molecular complexity index is 730. The zero-order valence-electron chi connectivity index (χ0n) is 12.3. The SMILES string of the molecule is Cc1nc(-c2cccnc2)nc(NCCS(C)(=O)=O)c1C. The summed E-state index contributed by atoms with van der Waals surface area (Å²) in [5.41, 5.74) is 2.59. The maximum atomic E-state index is 11.2. The first-order valence-electron chi connectivity index (χ1n) is 6.54. The summed E-state index contributed by atoms with van der Waals surface area (Å²) in [5, 5.41) is 3.07. The van der Waals surface area contributed by atoms with Gasteiger partial charge in [-0.15, -0.1) is 0 Å². The van der Waals surface area contributed by atoms with Gasteiger partial charge in [-0.2, -0.15) is 0 Å². The van der Waals surface area contributed by atoms with E-state index in [4.69, 9.17) is 0 Å². The number of hydrogen-bond acceptors (Lipinski definition) is 6. The van der Waals surface area contributed by atoms with E-state index in [2.05, 4.69) is 20.3 Å². The number of anilines is 1. The van der Waals surface area contributed by atoms with E-state index in [1.807, 2.05) is 26.0 Å². The van der Waals surface area contributed by atoms with E-state index in [0.717, 1.165) is 16.8 Å². The number of hydrogen-bond donors (Lipinski definition) is 1. The molecular weight excluding hydrogens is 288 g/mol. The van der Waals surface area contributed by atoms with Crippen LogP contribution in [0.5, 0.6) is 0 Å². The third-order valence-corrected chi connectivity index (χ3v) is 4.02. The average molecular weight is 306 g/mol. The standard InChI is InChI=1S/C14H18N4O2S/c1-10-11(2)17-14(12-5-4-6-15-9-12)18-13(10)16-7-8-21(3,19)20/h4-6,9H,7-8H2,1-3H3,(H,16,17,18). The third kappa shape index (κ3) is 4.22. The Labute approximate surface area is 124 Å². The maximum absolute atomic E-state index is 11.2. The van der Waals surface area contributed by atoms with Crippen molar-refractivity contribution in [2.45, 2.75) is 13.8 Å². The van der Waals surface area contributed by atoms with Crippen molar-refractivity contribution >= 4 is 15.7 Å². The molecule has 0 spiro atoms. The number of pyridine rings is 1. The van der Waals surface area contributed by atoms with Crippen molar-refractivity contribution in [1.29, 1.82) is 0 Å². The number of rotatable bonds is 5. The van der Waals surface area contributed by atoms with Gasteiger partial charge < -0.3 is 5.32 Å². The molecule has 0 atom stereocenters. The summed E-state index contributed by atoms with van der Waals surface area (Å²) in [7, 11) is -3.00. The molecule has 0 aliphatic rings. The molecular formula is C14H18N4O2S. The van der Waals surface area contributed by atoms with E-state index in [1.165, 1.54) is 6.26 Å². The largest absolute Gasteiger partial charge is 0.369 e. The molecule has 0 aliphatic carbocycles. The zero-order chi connectivity index (χ0) is 15.5. The summed E-state index contributed by atoms with van der Waals surface area (Å²) >= 11 is 0. The topological polar surface area (TPSA) is 84.8 Å². The molecule has 0 fully saturated rings. The summed E-state index contributed by atoms with van der Waals surface area (Å²) in [5.74, 6) is 1.30. The van der Waals surface area contributed by atoms with Gasteiger partial charge in [-0.05, 0) is 26.0 Å². The smallest absolute Gasteiger partial charge is 0.163 e. The van der Waals surface area contributed by atoms with E-state index in [0.29, 0.717) is 18.2 Å². The van der Waals surface area contributed by atoms with Gasteiger partial charge in [0.1, 0.15) is 15.7 Å². The van der Waals surface area contributed by atoms with Gasteiger partial charge in [0, 0.05) is 42.0 Å². The highest BCUT2D eigenvalue weighted by atomic mass is 32.2. The fourth-order valence-corrected chi connectivity index (χ4v) is 2.25. The molecule has 0 amide bonds. The molecule has 7 heteroatoms. The molecule has 0 saturated heterocycles.